The molecule has 0 bridgehead atoms. The Morgan fingerprint density at radius 2 is 2.27 bits per heavy atom. The third-order valence-corrected chi connectivity index (χ3v) is 2.70. The van der Waals surface area contributed by atoms with Gasteiger partial charge in [-0.05, 0) is 30.8 Å². The van der Waals surface area contributed by atoms with Crippen molar-refractivity contribution < 1.29 is 9.13 Å². The third-order valence-electron chi connectivity index (χ3n) is 1.93. The molecule has 0 heterocycles. The molecule has 0 unspecified atom stereocenters. The first-order chi connectivity index (χ1) is 7.27. The number of hydrogen-bond donors (Lipinski definition) is 1. The molecular formula is C11H15BrFNO. The van der Waals surface area contributed by atoms with Crippen LogP contribution in [-0.4, -0.2) is 20.3 Å². The van der Waals surface area contributed by atoms with Crippen molar-refractivity contribution in [2.24, 2.45) is 0 Å². The summed E-state index contributed by atoms with van der Waals surface area (Å²) >= 11 is 3.46. The zero-order valence-electron chi connectivity index (χ0n) is 8.72. The van der Waals surface area contributed by atoms with Gasteiger partial charge in [-0.25, -0.2) is 0 Å². The van der Waals surface area contributed by atoms with Crippen LogP contribution in [0.5, 0.6) is 5.75 Å². The van der Waals surface area contributed by atoms with Gasteiger partial charge in [0.2, 0.25) is 0 Å². The molecule has 0 aliphatic carbocycles. The standard InChI is InChI=1S/C11H15BrFNO/c1-14-8-9-7-10(3-4-11(9)12)15-6-2-5-13/h3-4,7,14H,2,5-6,8H2,1H3. The first-order valence-electron chi connectivity index (χ1n) is 4.89. The van der Waals surface area contributed by atoms with Gasteiger partial charge in [-0.2, -0.15) is 0 Å². The summed E-state index contributed by atoms with van der Waals surface area (Å²) in [6.07, 6.45) is 0.442. The highest BCUT2D eigenvalue weighted by Crippen LogP contribution is 2.22. The summed E-state index contributed by atoms with van der Waals surface area (Å²) in [4.78, 5) is 0. The largest absolute Gasteiger partial charge is 0.493 e. The van der Waals surface area contributed by atoms with Gasteiger partial charge in [0.25, 0.3) is 0 Å². The second-order valence-corrected chi connectivity index (χ2v) is 4.03. The van der Waals surface area contributed by atoms with Gasteiger partial charge in [-0.15, -0.1) is 0 Å². The van der Waals surface area contributed by atoms with Crippen molar-refractivity contribution in [3.63, 3.8) is 0 Å². The Morgan fingerprint density at radius 3 is 2.93 bits per heavy atom. The lowest BCUT2D eigenvalue weighted by Gasteiger charge is -2.08. The van der Waals surface area contributed by atoms with Gasteiger partial charge in [0.05, 0.1) is 13.3 Å². The third kappa shape index (κ3) is 4.18. The first kappa shape index (κ1) is 12.5. The van der Waals surface area contributed by atoms with E-state index in [2.05, 4.69) is 21.2 Å². The summed E-state index contributed by atoms with van der Waals surface area (Å²) in [5.74, 6) is 0.789. The maximum atomic E-state index is 11.9. The highest BCUT2D eigenvalue weighted by molar-refractivity contribution is 9.10. The molecule has 0 amide bonds. The SMILES string of the molecule is CNCc1cc(OCCCF)ccc1Br. The summed E-state index contributed by atoms with van der Waals surface area (Å²) in [7, 11) is 1.89. The highest BCUT2D eigenvalue weighted by atomic mass is 79.9. The van der Waals surface area contributed by atoms with Crippen LogP contribution in [0.15, 0.2) is 22.7 Å². The van der Waals surface area contributed by atoms with Crippen molar-refractivity contribution in [2.45, 2.75) is 13.0 Å². The van der Waals surface area contributed by atoms with E-state index in [-0.39, 0.29) is 6.67 Å². The van der Waals surface area contributed by atoms with Gasteiger partial charge in [-0.1, -0.05) is 15.9 Å². The van der Waals surface area contributed by atoms with Crippen LogP contribution >= 0.6 is 15.9 Å². The van der Waals surface area contributed by atoms with E-state index in [0.717, 1.165) is 22.3 Å². The van der Waals surface area contributed by atoms with Crippen molar-refractivity contribution in [1.29, 1.82) is 0 Å². The lowest BCUT2D eigenvalue weighted by atomic mass is 10.2. The molecule has 15 heavy (non-hydrogen) atoms. The molecule has 0 atom stereocenters. The summed E-state index contributed by atoms with van der Waals surface area (Å²) in [6.45, 7) is 0.873. The lowest BCUT2D eigenvalue weighted by Crippen LogP contribution is -2.06. The molecule has 1 aromatic rings. The van der Waals surface area contributed by atoms with Crippen LogP contribution < -0.4 is 10.1 Å². The second kappa shape index (κ2) is 6.80. The maximum Gasteiger partial charge on any atom is 0.119 e. The molecule has 0 radical (unpaired) electrons. The van der Waals surface area contributed by atoms with E-state index in [1.54, 1.807) is 0 Å². The zero-order chi connectivity index (χ0) is 11.1. The van der Waals surface area contributed by atoms with E-state index in [9.17, 15) is 4.39 Å². The van der Waals surface area contributed by atoms with Crippen LogP contribution in [0.1, 0.15) is 12.0 Å². The summed E-state index contributed by atoms with van der Waals surface area (Å²) in [5.41, 5.74) is 1.13. The Balaban J connectivity index is 2.61. The molecule has 0 saturated heterocycles. The molecule has 4 heteroatoms. The Morgan fingerprint density at radius 1 is 1.47 bits per heavy atom. The Labute approximate surface area is 98.0 Å². The van der Waals surface area contributed by atoms with Crippen LogP contribution in [0.25, 0.3) is 0 Å². The molecule has 84 valence electrons. The van der Waals surface area contributed by atoms with E-state index in [1.165, 1.54) is 0 Å². The normalized spacial score (nSPS) is 10.3. The molecule has 0 fully saturated rings. The van der Waals surface area contributed by atoms with Gasteiger partial charge in [-0.3, -0.25) is 4.39 Å². The number of rotatable bonds is 6. The Hall–Kier alpha value is -0.610. The van der Waals surface area contributed by atoms with Crippen molar-refractivity contribution in [2.75, 3.05) is 20.3 Å². The van der Waals surface area contributed by atoms with Crippen LogP contribution in [0.3, 0.4) is 0 Å². The Kier molecular flexibility index (Phi) is 5.65. The van der Waals surface area contributed by atoms with Gasteiger partial charge in [0, 0.05) is 17.4 Å². The minimum atomic E-state index is -0.333. The number of nitrogens with one attached hydrogen (secondary N) is 1. The summed E-state index contributed by atoms with van der Waals surface area (Å²) in [6, 6.07) is 5.78. The topological polar surface area (TPSA) is 21.3 Å². The quantitative estimate of drug-likeness (QED) is 0.807. The van der Waals surface area contributed by atoms with Gasteiger partial charge in [0.1, 0.15) is 5.75 Å². The van der Waals surface area contributed by atoms with Crippen LogP contribution in [0.2, 0.25) is 0 Å². The molecule has 0 spiro atoms. The molecule has 0 aliphatic rings. The fourth-order valence-corrected chi connectivity index (χ4v) is 1.60. The van der Waals surface area contributed by atoms with Crippen LogP contribution in [-0.2, 0) is 6.54 Å². The lowest BCUT2D eigenvalue weighted by molar-refractivity contribution is 0.289. The number of halogens is 2. The van der Waals surface area contributed by atoms with Crippen molar-refractivity contribution in [3.05, 3.63) is 28.2 Å². The van der Waals surface area contributed by atoms with E-state index in [1.807, 2.05) is 25.2 Å². The maximum absolute atomic E-state index is 11.9. The van der Waals surface area contributed by atoms with E-state index >= 15 is 0 Å². The number of ether oxygens (including phenoxy) is 1. The zero-order valence-corrected chi connectivity index (χ0v) is 10.3. The van der Waals surface area contributed by atoms with Crippen molar-refractivity contribution in [1.82, 2.24) is 5.32 Å². The molecule has 0 aromatic heterocycles. The summed E-state index contributed by atoms with van der Waals surface area (Å²) < 4.78 is 18.3. The second-order valence-electron chi connectivity index (χ2n) is 3.17. The molecule has 1 aromatic carbocycles. The van der Waals surface area contributed by atoms with E-state index < -0.39 is 0 Å². The van der Waals surface area contributed by atoms with Gasteiger partial charge in [0.15, 0.2) is 0 Å². The number of alkyl halides is 1. The van der Waals surface area contributed by atoms with Crippen LogP contribution in [0.4, 0.5) is 4.39 Å². The predicted octanol–water partition coefficient (Wildman–Crippen LogP) is 2.91. The first-order valence-corrected chi connectivity index (χ1v) is 5.69. The highest BCUT2D eigenvalue weighted by Gasteiger charge is 2.01. The summed E-state index contributed by atoms with van der Waals surface area (Å²) in [5, 5.41) is 3.07. The average Bonchev–Trinajstić information content (AvgIpc) is 2.23. The van der Waals surface area contributed by atoms with Gasteiger partial charge >= 0.3 is 0 Å². The van der Waals surface area contributed by atoms with E-state index in [0.29, 0.717) is 13.0 Å². The van der Waals surface area contributed by atoms with Gasteiger partial charge < -0.3 is 10.1 Å². The fraction of sp³-hybridized carbons (Fsp3) is 0.455. The fourth-order valence-electron chi connectivity index (χ4n) is 1.21. The molecule has 2 nitrogen and oxygen atoms in total. The average molecular weight is 276 g/mol. The Bertz CT molecular complexity index is 307. The predicted molar refractivity (Wildman–Crippen MR) is 63.0 cm³/mol. The molecule has 1 N–H and O–H groups in total. The monoisotopic (exact) mass is 275 g/mol. The van der Waals surface area contributed by atoms with E-state index in [4.69, 9.17) is 4.74 Å². The van der Waals surface area contributed by atoms with Crippen molar-refractivity contribution >= 4 is 15.9 Å². The molecule has 0 saturated carbocycles. The molecule has 0 aliphatic heterocycles. The molecule has 1 rings (SSSR count). The smallest absolute Gasteiger partial charge is 0.119 e. The van der Waals surface area contributed by atoms with Crippen molar-refractivity contribution in [3.8, 4) is 5.75 Å². The minimum absolute atomic E-state index is 0.333. The minimum Gasteiger partial charge on any atom is -0.493 e. The molecular weight excluding hydrogens is 261 g/mol. The number of benzene rings is 1. The van der Waals surface area contributed by atoms with Crippen LogP contribution in [0, 0.1) is 0 Å². The number of hydrogen-bond acceptors (Lipinski definition) is 2.